The zero-order valence-corrected chi connectivity index (χ0v) is 15.6. The number of nitrogens with zero attached hydrogens (tertiary/aromatic N) is 3. The van der Waals surface area contributed by atoms with Crippen molar-refractivity contribution in [1.29, 1.82) is 0 Å². The van der Waals surface area contributed by atoms with Crippen molar-refractivity contribution in [1.82, 2.24) is 14.7 Å². The Kier molecular flexibility index (Phi) is 4.57. The van der Waals surface area contributed by atoms with E-state index in [9.17, 15) is 9.59 Å². The van der Waals surface area contributed by atoms with Crippen molar-refractivity contribution in [3.05, 3.63) is 77.1 Å². The number of rotatable bonds is 6. The Labute approximate surface area is 162 Å². The number of aromatic nitrogens is 2. The lowest BCUT2D eigenvalue weighted by molar-refractivity contribution is 0.0642. The van der Waals surface area contributed by atoms with E-state index >= 15 is 0 Å². The van der Waals surface area contributed by atoms with Gasteiger partial charge in [0.05, 0.1) is 44.6 Å². The summed E-state index contributed by atoms with van der Waals surface area (Å²) < 4.78 is 12.3. The number of hydrogen-bond donors (Lipinski definition) is 0. The van der Waals surface area contributed by atoms with Gasteiger partial charge in [0.15, 0.2) is 11.5 Å². The third-order valence-electron chi connectivity index (χ3n) is 4.70. The number of fused-ring (bicyclic) bond motifs is 1. The smallest absolute Gasteiger partial charge is 0.261 e. The van der Waals surface area contributed by atoms with Crippen molar-refractivity contribution in [2.45, 2.75) is 13.1 Å². The van der Waals surface area contributed by atoms with Gasteiger partial charge >= 0.3 is 0 Å². The number of methoxy groups -OCH3 is 2. The first-order valence-corrected chi connectivity index (χ1v) is 8.78. The highest BCUT2D eigenvalue weighted by atomic mass is 16.5. The minimum atomic E-state index is -0.270. The van der Waals surface area contributed by atoms with Gasteiger partial charge in [0.25, 0.3) is 11.8 Å². The van der Waals surface area contributed by atoms with Crippen LogP contribution in [0.4, 0.5) is 0 Å². The quantitative estimate of drug-likeness (QED) is 0.618. The van der Waals surface area contributed by atoms with Crippen molar-refractivity contribution >= 4 is 11.8 Å². The minimum Gasteiger partial charge on any atom is -0.493 e. The van der Waals surface area contributed by atoms with Crippen LogP contribution in [0.5, 0.6) is 11.5 Å². The van der Waals surface area contributed by atoms with Crippen LogP contribution in [-0.2, 0) is 13.1 Å². The van der Waals surface area contributed by atoms with Gasteiger partial charge in [-0.05, 0) is 29.8 Å². The molecule has 4 rings (SSSR count). The van der Waals surface area contributed by atoms with Crippen LogP contribution < -0.4 is 9.47 Å². The molecule has 0 radical (unpaired) electrons. The second-order valence-electron chi connectivity index (χ2n) is 6.48. The van der Waals surface area contributed by atoms with Gasteiger partial charge < -0.3 is 9.47 Å². The predicted molar refractivity (Wildman–Crippen MR) is 102 cm³/mol. The highest BCUT2D eigenvalue weighted by Crippen LogP contribution is 2.28. The summed E-state index contributed by atoms with van der Waals surface area (Å²) in [5.41, 5.74) is 2.68. The van der Waals surface area contributed by atoms with Crippen molar-refractivity contribution in [2.75, 3.05) is 14.2 Å². The van der Waals surface area contributed by atoms with E-state index in [-0.39, 0.29) is 18.4 Å². The van der Waals surface area contributed by atoms with Gasteiger partial charge in [-0.1, -0.05) is 18.2 Å². The molecular weight excluding hydrogens is 358 g/mol. The highest BCUT2D eigenvalue weighted by molar-refractivity contribution is 6.21. The zero-order valence-electron chi connectivity index (χ0n) is 15.6. The number of imide groups is 1. The van der Waals surface area contributed by atoms with Crippen LogP contribution in [0.25, 0.3) is 0 Å². The summed E-state index contributed by atoms with van der Waals surface area (Å²) in [5, 5.41) is 4.35. The van der Waals surface area contributed by atoms with Gasteiger partial charge in [0, 0.05) is 11.8 Å². The molecule has 1 aliphatic heterocycles. The van der Waals surface area contributed by atoms with Crippen LogP contribution in [-0.4, -0.2) is 40.7 Å². The maximum absolute atomic E-state index is 12.5. The monoisotopic (exact) mass is 377 g/mol. The fourth-order valence-electron chi connectivity index (χ4n) is 3.31. The average molecular weight is 377 g/mol. The molecule has 0 unspecified atom stereocenters. The first-order chi connectivity index (χ1) is 13.6. The number of ether oxygens (including phenoxy) is 2. The van der Waals surface area contributed by atoms with E-state index in [4.69, 9.17) is 9.47 Å². The number of carbonyl (C=O) groups is 2. The molecule has 0 saturated heterocycles. The van der Waals surface area contributed by atoms with Crippen LogP contribution >= 0.6 is 0 Å². The molecule has 0 aliphatic carbocycles. The average Bonchev–Trinajstić information content (AvgIpc) is 3.26. The summed E-state index contributed by atoms with van der Waals surface area (Å²) in [4.78, 5) is 26.2. The van der Waals surface area contributed by atoms with Crippen LogP contribution in [0.15, 0.2) is 54.9 Å². The number of benzene rings is 2. The zero-order chi connectivity index (χ0) is 19.7. The molecule has 0 atom stereocenters. The van der Waals surface area contributed by atoms with Crippen LogP contribution in [0, 0.1) is 0 Å². The van der Waals surface area contributed by atoms with E-state index < -0.39 is 0 Å². The van der Waals surface area contributed by atoms with Gasteiger partial charge in [-0.2, -0.15) is 5.10 Å². The lowest BCUT2D eigenvalue weighted by Crippen LogP contribution is -2.28. The molecule has 2 amide bonds. The maximum atomic E-state index is 12.5. The molecule has 2 aromatic carbocycles. The lowest BCUT2D eigenvalue weighted by Gasteiger charge is -2.12. The van der Waals surface area contributed by atoms with Crippen LogP contribution in [0.2, 0.25) is 0 Å². The fourth-order valence-corrected chi connectivity index (χ4v) is 3.31. The SMILES string of the molecule is COc1ccc(Cn2cc(CN3C(=O)c4ccccc4C3=O)cn2)cc1OC. The van der Waals surface area contributed by atoms with Crippen molar-refractivity contribution in [3.63, 3.8) is 0 Å². The van der Waals surface area contributed by atoms with Gasteiger partial charge in [-0.25, -0.2) is 0 Å². The highest BCUT2D eigenvalue weighted by Gasteiger charge is 2.35. The largest absolute Gasteiger partial charge is 0.493 e. The topological polar surface area (TPSA) is 73.7 Å². The molecule has 7 heteroatoms. The van der Waals surface area contributed by atoms with E-state index in [1.165, 1.54) is 4.90 Å². The number of hydrogen-bond acceptors (Lipinski definition) is 5. The van der Waals surface area contributed by atoms with Gasteiger partial charge in [-0.15, -0.1) is 0 Å². The Morgan fingerprint density at radius 3 is 2.18 bits per heavy atom. The summed E-state index contributed by atoms with van der Waals surface area (Å²) in [5.74, 6) is 0.776. The summed E-state index contributed by atoms with van der Waals surface area (Å²) >= 11 is 0. The molecule has 0 saturated carbocycles. The van der Waals surface area contributed by atoms with Crippen molar-refractivity contribution < 1.29 is 19.1 Å². The molecule has 0 N–H and O–H groups in total. The molecular formula is C21H19N3O4. The van der Waals surface area contributed by atoms with Gasteiger partial charge in [0.1, 0.15) is 0 Å². The maximum Gasteiger partial charge on any atom is 0.261 e. The third-order valence-corrected chi connectivity index (χ3v) is 4.70. The Morgan fingerprint density at radius 2 is 1.54 bits per heavy atom. The van der Waals surface area contributed by atoms with E-state index in [1.54, 1.807) is 49.4 Å². The molecule has 1 aliphatic rings. The standard InChI is InChI=1S/C21H19N3O4/c1-27-18-8-7-14(9-19(18)28-2)11-23-12-15(10-22-23)13-24-20(25)16-5-3-4-6-17(16)21(24)26/h3-10,12H,11,13H2,1-2H3. The molecule has 0 bridgehead atoms. The second-order valence-corrected chi connectivity index (χ2v) is 6.48. The molecule has 142 valence electrons. The lowest BCUT2D eigenvalue weighted by atomic mass is 10.1. The van der Waals surface area contributed by atoms with E-state index in [0.717, 1.165) is 11.1 Å². The first kappa shape index (κ1) is 17.8. The molecule has 7 nitrogen and oxygen atoms in total. The molecule has 3 aromatic rings. The summed E-state index contributed by atoms with van der Waals surface area (Å²) in [6.45, 7) is 0.723. The van der Waals surface area contributed by atoms with E-state index in [2.05, 4.69) is 5.10 Å². The Bertz CT molecular complexity index is 1020. The molecule has 0 spiro atoms. The first-order valence-electron chi connectivity index (χ1n) is 8.78. The van der Waals surface area contributed by atoms with Crippen LogP contribution in [0.3, 0.4) is 0 Å². The number of carbonyl (C=O) groups excluding carboxylic acids is 2. The minimum absolute atomic E-state index is 0.193. The number of amides is 2. The summed E-state index contributed by atoms with van der Waals surface area (Å²) in [7, 11) is 3.19. The Hall–Kier alpha value is -3.61. The fraction of sp³-hybridized carbons (Fsp3) is 0.190. The Morgan fingerprint density at radius 1 is 0.857 bits per heavy atom. The van der Waals surface area contributed by atoms with E-state index in [1.807, 2.05) is 24.4 Å². The van der Waals surface area contributed by atoms with Crippen molar-refractivity contribution in [3.8, 4) is 11.5 Å². The van der Waals surface area contributed by atoms with E-state index in [0.29, 0.717) is 29.2 Å². The second kappa shape index (κ2) is 7.19. The third kappa shape index (κ3) is 3.11. The molecule has 28 heavy (non-hydrogen) atoms. The Balaban J connectivity index is 1.49. The summed E-state index contributed by atoms with van der Waals surface area (Å²) in [6, 6.07) is 12.5. The van der Waals surface area contributed by atoms with Gasteiger partial charge in [0.2, 0.25) is 0 Å². The molecule has 2 heterocycles. The van der Waals surface area contributed by atoms with Crippen molar-refractivity contribution in [2.24, 2.45) is 0 Å². The normalized spacial score (nSPS) is 13.0. The molecule has 0 fully saturated rings. The van der Waals surface area contributed by atoms with Crippen LogP contribution in [0.1, 0.15) is 31.8 Å². The molecule has 1 aromatic heterocycles. The van der Waals surface area contributed by atoms with Gasteiger partial charge in [-0.3, -0.25) is 19.2 Å². The summed E-state index contributed by atoms with van der Waals surface area (Å²) in [6.07, 6.45) is 3.50. The predicted octanol–water partition coefficient (Wildman–Crippen LogP) is 2.74.